The van der Waals surface area contributed by atoms with Crippen molar-refractivity contribution in [2.75, 3.05) is 10.7 Å². The van der Waals surface area contributed by atoms with Crippen molar-refractivity contribution in [1.82, 2.24) is 9.24 Å². The molecule has 1 aromatic heterocycles. The van der Waals surface area contributed by atoms with Crippen LogP contribution in [0.4, 0.5) is 14.9 Å². The number of hydrogen-bond acceptors (Lipinski definition) is 4. The summed E-state index contributed by atoms with van der Waals surface area (Å²) >= 11 is 0. The summed E-state index contributed by atoms with van der Waals surface area (Å²) in [5, 5.41) is 12.2. The summed E-state index contributed by atoms with van der Waals surface area (Å²) in [6.45, 7) is 0. The highest BCUT2D eigenvalue weighted by atomic mass is 19.1. The van der Waals surface area contributed by atoms with E-state index in [-0.39, 0.29) is 23.2 Å². The molecule has 0 atom stereocenters. The van der Waals surface area contributed by atoms with Crippen molar-refractivity contribution in [2.24, 2.45) is 0 Å². The Balaban J connectivity index is 1.89. The number of nitrogens with zero attached hydrogens (tertiary/aromatic N) is 2. The standard InChI is InChI=1S/C20H25FN4O4/c21-15-10-14-17(11-16(15)22-12-6-2-1-3-7-12)24(13-8-4-5-9-13)20(29)25(18(14)26)23-19(27)28/h10-13,22-23H,1-9H2,(H,27,28). The normalized spacial score (nSPS) is 18.2. The Kier molecular flexibility index (Phi) is 5.29. The van der Waals surface area contributed by atoms with E-state index in [0.29, 0.717) is 10.2 Å². The maximum atomic E-state index is 14.8. The fraction of sp³-hybridized carbons (Fsp3) is 0.550. The minimum atomic E-state index is -1.53. The van der Waals surface area contributed by atoms with Crippen LogP contribution in [0.15, 0.2) is 21.7 Å². The third-order valence-electron chi connectivity index (χ3n) is 6.04. The number of benzene rings is 1. The smallest absolute Gasteiger partial charge is 0.424 e. The number of amides is 1. The number of fused-ring (bicyclic) bond motifs is 1. The van der Waals surface area contributed by atoms with Gasteiger partial charge in [0.1, 0.15) is 5.82 Å². The van der Waals surface area contributed by atoms with Gasteiger partial charge in [-0.25, -0.2) is 19.4 Å². The summed E-state index contributed by atoms with van der Waals surface area (Å²) in [5.41, 5.74) is 0.852. The molecule has 2 fully saturated rings. The van der Waals surface area contributed by atoms with Crippen LogP contribution in [0.1, 0.15) is 63.8 Å². The first-order valence-electron chi connectivity index (χ1n) is 10.2. The predicted octanol–water partition coefficient (Wildman–Crippen LogP) is 3.38. The molecule has 8 nitrogen and oxygen atoms in total. The quantitative estimate of drug-likeness (QED) is 0.724. The molecule has 0 aliphatic heterocycles. The topological polar surface area (TPSA) is 105 Å². The van der Waals surface area contributed by atoms with Gasteiger partial charge in [0.05, 0.1) is 16.6 Å². The maximum absolute atomic E-state index is 14.8. The van der Waals surface area contributed by atoms with Crippen molar-refractivity contribution in [2.45, 2.75) is 69.9 Å². The zero-order chi connectivity index (χ0) is 20.5. The van der Waals surface area contributed by atoms with Gasteiger partial charge in [-0.3, -0.25) is 9.36 Å². The Hall–Kier alpha value is -2.84. The zero-order valence-corrected chi connectivity index (χ0v) is 16.1. The number of hydrogen-bond donors (Lipinski definition) is 3. The molecule has 2 saturated carbocycles. The molecule has 0 bridgehead atoms. The van der Waals surface area contributed by atoms with E-state index in [1.54, 1.807) is 0 Å². The van der Waals surface area contributed by atoms with Gasteiger partial charge in [-0.2, -0.15) is 4.68 Å². The lowest BCUT2D eigenvalue weighted by Crippen LogP contribution is -2.47. The molecule has 4 rings (SSSR count). The van der Waals surface area contributed by atoms with Gasteiger partial charge in [-0.05, 0) is 37.8 Å². The Morgan fingerprint density at radius 2 is 1.69 bits per heavy atom. The number of aromatic nitrogens is 2. The van der Waals surface area contributed by atoms with Crippen molar-refractivity contribution in [3.8, 4) is 0 Å². The van der Waals surface area contributed by atoms with E-state index in [4.69, 9.17) is 5.11 Å². The van der Waals surface area contributed by atoms with Gasteiger partial charge < -0.3 is 10.4 Å². The van der Waals surface area contributed by atoms with Gasteiger partial charge in [0.15, 0.2) is 0 Å². The third kappa shape index (κ3) is 3.73. The molecule has 1 aromatic carbocycles. The van der Waals surface area contributed by atoms with Gasteiger partial charge in [-0.1, -0.05) is 32.1 Å². The van der Waals surface area contributed by atoms with Crippen molar-refractivity contribution < 1.29 is 14.3 Å². The van der Waals surface area contributed by atoms with Gasteiger partial charge in [-0.15, -0.1) is 0 Å². The Morgan fingerprint density at radius 1 is 1.03 bits per heavy atom. The van der Waals surface area contributed by atoms with Crippen LogP contribution < -0.4 is 22.0 Å². The van der Waals surface area contributed by atoms with Crippen LogP contribution in [0.2, 0.25) is 0 Å². The Labute approximate surface area is 166 Å². The summed E-state index contributed by atoms with van der Waals surface area (Å²) in [6, 6.07) is 2.65. The first kappa shape index (κ1) is 19.5. The molecule has 0 spiro atoms. The highest BCUT2D eigenvalue weighted by molar-refractivity contribution is 5.83. The van der Waals surface area contributed by atoms with Crippen LogP contribution in [-0.4, -0.2) is 26.5 Å². The summed E-state index contributed by atoms with van der Waals surface area (Å²) in [5.74, 6) is -0.585. The van der Waals surface area contributed by atoms with E-state index in [1.807, 2.05) is 5.43 Å². The summed E-state index contributed by atoms with van der Waals surface area (Å²) in [7, 11) is 0. The lowest BCUT2D eigenvalue weighted by molar-refractivity contribution is 0.205. The summed E-state index contributed by atoms with van der Waals surface area (Å²) < 4.78 is 16.7. The average molecular weight is 404 g/mol. The van der Waals surface area contributed by atoms with E-state index in [0.717, 1.165) is 57.4 Å². The highest BCUT2D eigenvalue weighted by Gasteiger charge is 2.25. The molecular weight excluding hydrogens is 379 g/mol. The number of carbonyl (C=O) groups is 1. The van der Waals surface area contributed by atoms with Gasteiger partial charge in [0.2, 0.25) is 0 Å². The lowest BCUT2D eigenvalue weighted by atomic mass is 9.95. The Morgan fingerprint density at radius 3 is 2.34 bits per heavy atom. The second-order valence-corrected chi connectivity index (χ2v) is 7.98. The monoisotopic (exact) mass is 404 g/mol. The molecule has 0 unspecified atom stereocenters. The second kappa shape index (κ2) is 7.88. The molecule has 0 saturated heterocycles. The number of carboxylic acid groups (broad SMARTS) is 1. The van der Waals surface area contributed by atoms with Crippen molar-refractivity contribution in [3.63, 3.8) is 0 Å². The van der Waals surface area contributed by atoms with Crippen LogP contribution in [-0.2, 0) is 0 Å². The second-order valence-electron chi connectivity index (χ2n) is 7.98. The first-order valence-corrected chi connectivity index (χ1v) is 10.2. The van der Waals surface area contributed by atoms with Crippen LogP contribution in [0.5, 0.6) is 0 Å². The van der Waals surface area contributed by atoms with E-state index < -0.39 is 23.2 Å². The van der Waals surface area contributed by atoms with E-state index in [2.05, 4.69) is 5.32 Å². The molecule has 2 aromatic rings. The molecule has 0 radical (unpaired) electrons. The number of rotatable bonds is 4. The van der Waals surface area contributed by atoms with Crippen LogP contribution in [0, 0.1) is 5.82 Å². The molecule has 9 heteroatoms. The maximum Gasteiger partial charge on any atom is 0.424 e. The molecule has 156 valence electrons. The fourth-order valence-corrected chi connectivity index (χ4v) is 4.64. The third-order valence-corrected chi connectivity index (χ3v) is 6.04. The first-order chi connectivity index (χ1) is 14.0. The molecule has 3 N–H and O–H groups in total. The van der Waals surface area contributed by atoms with Gasteiger partial charge in [0.25, 0.3) is 5.56 Å². The number of anilines is 1. The van der Waals surface area contributed by atoms with Gasteiger partial charge >= 0.3 is 11.8 Å². The molecule has 1 heterocycles. The van der Waals surface area contributed by atoms with Crippen LogP contribution >= 0.6 is 0 Å². The van der Waals surface area contributed by atoms with Gasteiger partial charge in [0, 0.05) is 12.1 Å². The molecule has 2 aliphatic carbocycles. The molecule has 29 heavy (non-hydrogen) atoms. The minimum Gasteiger partial charge on any atom is -0.464 e. The van der Waals surface area contributed by atoms with Crippen molar-refractivity contribution >= 4 is 22.7 Å². The average Bonchev–Trinajstić information content (AvgIpc) is 3.22. The molecule has 1 amide bonds. The highest BCUT2D eigenvalue weighted by Crippen LogP contribution is 2.32. The summed E-state index contributed by atoms with van der Waals surface area (Å²) in [4.78, 5) is 36.8. The van der Waals surface area contributed by atoms with E-state index in [9.17, 15) is 18.8 Å². The molecule has 2 aliphatic rings. The Bertz CT molecular complexity index is 1050. The largest absolute Gasteiger partial charge is 0.464 e. The zero-order valence-electron chi connectivity index (χ0n) is 16.1. The SMILES string of the molecule is O=C(O)Nn1c(=O)c2cc(F)c(NC3CCCCC3)cc2n(C2CCCC2)c1=O. The van der Waals surface area contributed by atoms with Crippen molar-refractivity contribution in [1.29, 1.82) is 0 Å². The van der Waals surface area contributed by atoms with Crippen LogP contribution in [0.25, 0.3) is 10.9 Å². The fourth-order valence-electron chi connectivity index (χ4n) is 4.64. The number of nitrogens with one attached hydrogen (secondary N) is 2. The van der Waals surface area contributed by atoms with Crippen LogP contribution in [0.3, 0.4) is 0 Å². The van der Waals surface area contributed by atoms with Crippen molar-refractivity contribution in [3.05, 3.63) is 38.8 Å². The summed E-state index contributed by atoms with van der Waals surface area (Å²) in [6.07, 6.45) is 7.13. The van der Waals surface area contributed by atoms with E-state index in [1.165, 1.54) is 17.1 Å². The predicted molar refractivity (Wildman–Crippen MR) is 108 cm³/mol. The molecular formula is C20H25FN4O4. The minimum absolute atomic E-state index is 0.0167. The van der Waals surface area contributed by atoms with E-state index >= 15 is 0 Å². The lowest BCUT2D eigenvalue weighted by Gasteiger charge is -2.25. The number of halogens is 1.